The fourth-order valence-corrected chi connectivity index (χ4v) is 0.963. The van der Waals surface area contributed by atoms with E-state index in [0.29, 0.717) is 5.41 Å². The lowest BCUT2D eigenvalue weighted by molar-refractivity contribution is 0.375. The molecule has 0 rings (SSSR count). The highest BCUT2D eigenvalue weighted by Crippen LogP contribution is 2.21. The zero-order valence-electron chi connectivity index (χ0n) is 9.53. The van der Waals surface area contributed by atoms with Crippen LogP contribution in [-0.2, 0) is 0 Å². The Morgan fingerprint density at radius 3 is 2.56 bits per heavy atom. The van der Waals surface area contributed by atoms with E-state index in [2.05, 4.69) is 20.8 Å². The van der Waals surface area contributed by atoms with Gasteiger partial charge in [-0.1, -0.05) is 20.8 Å². The second-order valence-corrected chi connectivity index (χ2v) is 4.21. The van der Waals surface area contributed by atoms with Gasteiger partial charge in [-0.05, 0) is 30.2 Å². The Morgan fingerprint density at radius 2 is 2.11 bits per heavy atom. The van der Waals surface area contributed by atoms with Gasteiger partial charge in [0.25, 0.3) is 0 Å². The summed E-state index contributed by atoms with van der Waals surface area (Å²) in [4.78, 5) is 0. The highest BCUT2D eigenvalue weighted by Gasteiger charge is 2.07. The molecule has 0 aromatic carbocycles. The Morgan fingerprint density at radius 1 is 1.44 bits per heavy atom. The summed E-state index contributed by atoms with van der Waals surface area (Å²) in [5.41, 5.74) is 0.329. The summed E-state index contributed by atoms with van der Waals surface area (Å²) in [6.45, 7) is 6.52. The van der Waals surface area contributed by atoms with Gasteiger partial charge in [-0.25, -0.2) is 0 Å². The van der Waals surface area contributed by atoms with Crippen molar-refractivity contribution in [3.63, 3.8) is 0 Å². The van der Waals surface area contributed by atoms with Crippen LogP contribution >= 0.6 is 11.8 Å². The maximum absolute atomic E-state index is 6.96. The van der Waals surface area contributed by atoms with E-state index in [4.69, 9.17) is 4.11 Å². The van der Waals surface area contributed by atoms with Crippen LogP contribution in [0.25, 0.3) is 0 Å². The monoisotopic (exact) mass is 149 g/mol. The van der Waals surface area contributed by atoms with Gasteiger partial charge < -0.3 is 0 Å². The average molecular weight is 149 g/mol. The summed E-state index contributed by atoms with van der Waals surface area (Å²) in [5, 5.41) is 0. The Bertz CT molecular complexity index is 107. The molecule has 0 aromatic rings. The molecule has 0 nitrogen and oxygen atoms in total. The lowest BCUT2D eigenvalue weighted by Crippen LogP contribution is -2.04. The van der Waals surface area contributed by atoms with E-state index in [0.717, 1.165) is 30.4 Å². The fourth-order valence-electron chi connectivity index (χ4n) is 0.675. The van der Waals surface area contributed by atoms with Crippen molar-refractivity contribution in [1.29, 1.82) is 0 Å². The van der Waals surface area contributed by atoms with Crippen LogP contribution in [0.3, 0.4) is 0 Å². The number of hydrogen-bond acceptors (Lipinski definition) is 1. The van der Waals surface area contributed by atoms with Crippen LogP contribution in [0.5, 0.6) is 0 Å². The van der Waals surface area contributed by atoms with Gasteiger partial charge in [-0.3, -0.25) is 0 Å². The molecule has 0 N–H and O–H groups in total. The molecule has 0 heterocycles. The molecular formula is C8H18S. The second kappa shape index (κ2) is 4.21. The zero-order valence-corrected chi connectivity index (χ0v) is 7.35. The Labute approximate surface area is 67.6 Å². The topological polar surface area (TPSA) is 0 Å². The van der Waals surface area contributed by atoms with Crippen molar-refractivity contribution >= 4 is 11.8 Å². The normalized spacial score (nSPS) is 18.3. The highest BCUT2D eigenvalue weighted by atomic mass is 32.2. The van der Waals surface area contributed by atoms with Crippen molar-refractivity contribution in [2.45, 2.75) is 33.6 Å². The SMILES string of the molecule is [2H]C([2H])([2H])SCCCC(C)(C)C. The van der Waals surface area contributed by atoms with Crippen LogP contribution < -0.4 is 0 Å². The molecule has 0 unspecified atom stereocenters. The molecule has 1 heteroatoms. The lowest BCUT2D eigenvalue weighted by Gasteiger charge is -2.16. The van der Waals surface area contributed by atoms with E-state index < -0.39 is 6.18 Å². The molecule has 9 heavy (non-hydrogen) atoms. The third kappa shape index (κ3) is 8.35. The Kier molecular flexibility index (Phi) is 2.37. The molecule has 0 fully saturated rings. The van der Waals surface area contributed by atoms with Gasteiger partial charge in [0, 0.05) is 4.11 Å². The lowest BCUT2D eigenvalue weighted by atomic mass is 9.91. The summed E-state index contributed by atoms with van der Waals surface area (Å²) in [6, 6.07) is 0. The smallest absolute Gasteiger partial charge is 0.0344 e. The van der Waals surface area contributed by atoms with Crippen molar-refractivity contribution in [1.82, 2.24) is 0 Å². The van der Waals surface area contributed by atoms with Crippen molar-refractivity contribution in [3.05, 3.63) is 0 Å². The van der Waals surface area contributed by atoms with Gasteiger partial charge in [-0.2, -0.15) is 11.8 Å². The first-order chi connectivity index (χ1) is 5.21. The van der Waals surface area contributed by atoms with E-state index in [1.165, 1.54) is 0 Å². The Hall–Kier alpha value is 0.350. The van der Waals surface area contributed by atoms with E-state index in [1.807, 2.05) is 0 Å². The maximum Gasteiger partial charge on any atom is 0.0344 e. The van der Waals surface area contributed by atoms with Gasteiger partial charge in [-0.15, -0.1) is 0 Å². The third-order valence-corrected chi connectivity index (χ3v) is 1.67. The first kappa shape index (κ1) is 5.06. The molecule has 56 valence electrons. The predicted molar refractivity (Wildman–Crippen MR) is 47.1 cm³/mol. The summed E-state index contributed by atoms with van der Waals surface area (Å²) >= 11 is 1.07. The van der Waals surface area contributed by atoms with E-state index in [9.17, 15) is 0 Å². The molecule has 0 saturated heterocycles. The Balaban J connectivity index is 3.35. The minimum atomic E-state index is -1.81. The van der Waals surface area contributed by atoms with Crippen molar-refractivity contribution in [2.24, 2.45) is 5.41 Å². The summed E-state index contributed by atoms with van der Waals surface area (Å²) in [5.74, 6) is 0.744. The van der Waals surface area contributed by atoms with Crippen molar-refractivity contribution in [2.75, 3.05) is 11.9 Å². The zero-order chi connectivity index (χ0) is 9.83. The molecular weight excluding hydrogens is 128 g/mol. The largest absolute Gasteiger partial charge is 0.165 e. The van der Waals surface area contributed by atoms with Gasteiger partial charge in [0.15, 0.2) is 0 Å². The summed E-state index contributed by atoms with van der Waals surface area (Å²) in [7, 11) is 0. The molecule has 0 bridgehead atoms. The first-order valence-corrected chi connectivity index (χ1v) is 4.33. The van der Waals surface area contributed by atoms with Crippen LogP contribution in [-0.4, -0.2) is 11.9 Å². The minimum absolute atomic E-state index is 0.329. The molecule has 0 spiro atoms. The number of hydrogen-bond donors (Lipinski definition) is 0. The minimum Gasteiger partial charge on any atom is -0.165 e. The second-order valence-electron chi connectivity index (χ2n) is 3.51. The molecule has 0 aliphatic carbocycles. The molecule has 0 radical (unpaired) electrons. The summed E-state index contributed by atoms with van der Waals surface area (Å²) in [6.07, 6.45) is 0.278. The van der Waals surface area contributed by atoms with E-state index in [1.54, 1.807) is 0 Å². The van der Waals surface area contributed by atoms with Crippen molar-refractivity contribution < 1.29 is 4.11 Å². The fraction of sp³-hybridized carbons (Fsp3) is 1.00. The van der Waals surface area contributed by atoms with E-state index >= 15 is 0 Å². The number of rotatable bonds is 3. The summed E-state index contributed by atoms with van der Waals surface area (Å²) < 4.78 is 20.9. The highest BCUT2D eigenvalue weighted by molar-refractivity contribution is 7.98. The maximum atomic E-state index is 6.96. The molecule has 0 aromatic heterocycles. The van der Waals surface area contributed by atoms with Crippen molar-refractivity contribution in [3.8, 4) is 0 Å². The quantitative estimate of drug-likeness (QED) is 0.555. The van der Waals surface area contributed by atoms with Gasteiger partial charge in [0.1, 0.15) is 0 Å². The van der Waals surface area contributed by atoms with Crippen LogP contribution in [0.2, 0.25) is 0 Å². The molecule has 0 amide bonds. The van der Waals surface area contributed by atoms with Gasteiger partial charge >= 0.3 is 0 Å². The molecule has 0 aliphatic heterocycles. The van der Waals surface area contributed by atoms with Crippen LogP contribution in [0, 0.1) is 5.41 Å². The molecule has 0 atom stereocenters. The first-order valence-electron chi connectivity index (χ1n) is 4.85. The number of thioether (sulfide) groups is 1. The predicted octanol–water partition coefficient (Wildman–Crippen LogP) is 3.18. The average Bonchev–Trinajstić information content (AvgIpc) is 1.76. The van der Waals surface area contributed by atoms with Crippen LogP contribution in [0.15, 0.2) is 0 Å². The standard InChI is InChI=1S/C8H18S/c1-8(2,3)6-5-7-9-4/h5-7H2,1-4H3/i4D3. The van der Waals surface area contributed by atoms with Gasteiger partial charge in [0.05, 0.1) is 0 Å². The molecule has 0 aliphatic rings. The van der Waals surface area contributed by atoms with Crippen LogP contribution in [0.4, 0.5) is 0 Å². The molecule has 0 saturated carbocycles. The van der Waals surface area contributed by atoms with Crippen LogP contribution in [0.1, 0.15) is 37.7 Å². The third-order valence-electron chi connectivity index (χ3n) is 1.17. The van der Waals surface area contributed by atoms with E-state index in [-0.39, 0.29) is 0 Å². The van der Waals surface area contributed by atoms with Gasteiger partial charge in [0.2, 0.25) is 0 Å².